The minimum atomic E-state index is 0.0569. The lowest BCUT2D eigenvalue weighted by atomic mass is 10.0. The zero-order valence-corrected chi connectivity index (χ0v) is 11.1. The SMILES string of the molecule is CC(C)C(C)N(C)C(=O)c1cccc(CN)c1. The molecule has 0 aliphatic carbocycles. The lowest BCUT2D eigenvalue weighted by Crippen LogP contribution is -2.38. The monoisotopic (exact) mass is 234 g/mol. The summed E-state index contributed by atoms with van der Waals surface area (Å²) in [6.07, 6.45) is 0. The maximum Gasteiger partial charge on any atom is 0.253 e. The molecule has 0 aliphatic rings. The molecule has 3 heteroatoms. The second-order valence-electron chi connectivity index (χ2n) is 4.81. The van der Waals surface area contributed by atoms with Gasteiger partial charge < -0.3 is 10.6 Å². The van der Waals surface area contributed by atoms with Gasteiger partial charge in [-0.15, -0.1) is 0 Å². The Morgan fingerprint density at radius 1 is 1.35 bits per heavy atom. The summed E-state index contributed by atoms with van der Waals surface area (Å²) in [4.78, 5) is 14.0. The molecule has 1 unspecified atom stereocenters. The minimum absolute atomic E-state index is 0.0569. The van der Waals surface area contributed by atoms with Crippen molar-refractivity contribution in [2.75, 3.05) is 7.05 Å². The van der Waals surface area contributed by atoms with Gasteiger partial charge in [-0.25, -0.2) is 0 Å². The van der Waals surface area contributed by atoms with Gasteiger partial charge in [0.15, 0.2) is 0 Å². The fraction of sp³-hybridized carbons (Fsp3) is 0.500. The van der Waals surface area contributed by atoms with Crippen LogP contribution in [-0.4, -0.2) is 23.9 Å². The van der Waals surface area contributed by atoms with E-state index in [1.54, 1.807) is 4.90 Å². The van der Waals surface area contributed by atoms with Gasteiger partial charge in [0.1, 0.15) is 0 Å². The minimum Gasteiger partial charge on any atom is -0.339 e. The van der Waals surface area contributed by atoms with Gasteiger partial charge in [0.25, 0.3) is 5.91 Å². The molecule has 1 rings (SSSR count). The molecule has 0 aliphatic heterocycles. The summed E-state index contributed by atoms with van der Waals surface area (Å²) in [6.45, 7) is 6.76. The van der Waals surface area contributed by atoms with Crippen molar-refractivity contribution < 1.29 is 4.79 Å². The molecule has 0 radical (unpaired) electrons. The molecule has 0 saturated carbocycles. The van der Waals surface area contributed by atoms with Gasteiger partial charge in [0.2, 0.25) is 0 Å². The van der Waals surface area contributed by atoms with E-state index in [0.29, 0.717) is 18.0 Å². The first-order chi connectivity index (χ1) is 7.97. The third-order valence-corrected chi connectivity index (χ3v) is 3.31. The highest BCUT2D eigenvalue weighted by Gasteiger charge is 2.19. The van der Waals surface area contributed by atoms with Crippen molar-refractivity contribution >= 4 is 5.91 Å². The van der Waals surface area contributed by atoms with E-state index < -0.39 is 0 Å². The molecular formula is C14H22N2O. The summed E-state index contributed by atoms with van der Waals surface area (Å²) in [7, 11) is 1.85. The number of amides is 1. The number of benzene rings is 1. The van der Waals surface area contributed by atoms with Crippen molar-refractivity contribution in [3.63, 3.8) is 0 Å². The van der Waals surface area contributed by atoms with Gasteiger partial charge in [-0.1, -0.05) is 26.0 Å². The number of hydrogen-bond donors (Lipinski definition) is 1. The number of rotatable bonds is 4. The Labute approximate surface area is 104 Å². The molecule has 0 heterocycles. The van der Waals surface area contributed by atoms with Gasteiger partial charge in [-0.05, 0) is 30.5 Å². The van der Waals surface area contributed by atoms with Crippen LogP contribution in [0, 0.1) is 5.92 Å². The molecule has 0 spiro atoms. The summed E-state index contributed by atoms with van der Waals surface area (Å²) in [5.41, 5.74) is 7.28. The van der Waals surface area contributed by atoms with Crippen molar-refractivity contribution in [2.45, 2.75) is 33.4 Å². The fourth-order valence-corrected chi connectivity index (χ4v) is 1.67. The Morgan fingerprint density at radius 3 is 2.53 bits per heavy atom. The first kappa shape index (κ1) is 13.7. The molecular weight excluding hydrogens is 212 g/mol. The maximum atomic E-state index is 12.2. The molecule has 0 fully saturated rings. The Balaban J connectivity index is 2.88. The predicted octanol–water partition coefficient (Wildman–Crippen LogP) is 2.26. The standard InChI is InChI=1S/C14H22N2O/c1-10(2)11(3)16(4)14(17)13-7-5-6-12(8-13)9-15/h5-8,10-11H,9,15H2,1-4H3. The van der Waals surface area contributed by atoms with Crippen LogP contribution < -0.4 is 5.73 Å². The smallest absolute Gasteiger partial charge is 0.253 e. The van der Waals surface area contributed by atoms with Crippen molar-refractivity contribution in [2.24, 2.45) is 11.7 Å². The third kappa shape index (κ3) is 3.30. The maximum absolute atomic E-state index is 12.2. The highest BCUT2D eigenvalue weighted by Crippen LogP contribution is 2.13. The fourth-order valence-electron chi connectivity index (χ4n) is 1.67. The molecule has 0 saturated heterocycles. The van der Waals surface area contributed by atoms with Gasteiger partial charge in [0, 0.05) is 25.2 Å². The Morgan fingerprint density at radius 2 is 2.00 bits per heavy atom. The van der Waals surface area contributed by atoms with Crippen LogP contribution in [0.15, 0.2) is 24.3 Å². The van der Waals surface area contributed by atoms with Crippen molar-refractivity contribution in [3.05, 3.63) is 35.4 Å². The van der Waals surface area contributed by atoms with Crippen LogP contribution in [0.5, 0.6) is 0 Å². The molecule has 0 bridgehead atoms. The lowest BCUT2D eigenvalue weighted by Gasteiger charge is -2.28. The van der Waals surface area contributed by atoms with E-state index in [9.17, 15) is 4.79 Å². The van der Waals surface area contributed by atoms with Crippen LogP contribution in [0.1, 0.15) is 36.7 Å². The van der Waals surface area contributed by atoms with E-state index in [1.165, 1.54) is 0 Å². The zero-order chi connectivity index (χ0) is 13.0. The van der Waals surface area contributed by atoms with Gasteiger partial charge in [0.05, 0.1) is 0 Å². The molecule has 1 aromatic rings. The van der Waals surface area contributed by atoms with Crippen LogP contribution in [0.3, 0.4) is 0 Å². The van der Waals surface area contributed by atoms with Gasteiger partial charge in [-0.2, -0.15) is 0 Å². The normalized spacial score (nSPS) is 12.6. The lowest BCUT2D eigenvalue weighted by molar-refractivity contribution is 0.0707. The number of carbonyl (C=O) groups is 1. The first-order valence-corrected chi connectivity index (χ1v) is 6.03. The van der Waals surface area contributed by atoms with Crippen LogP contribution in [-0.2, 0) is 6.54 Å². The Bertz CT molecular complexity index is 388. The van der Waals surface area contributed by atoms with Crippen LogP contribution in [0.4, 0.5) is 0 Å². The van der Waals surface area contributed by atoms with Crippen molar-refractivity contribution in [1.82, 2.24) is 4.90 Å². The summed E-state index contributed by atoms with van der Waals surface area (Å²) in [5, 5.41) is 0. The average molecular weight is 234 g/mol. The topological polar surface area (TPSA) is 46.3 Å². The van der Waals surface area contributed by atoms with Crippen LogP contribution in [0.2, 0.25) is 0 Å². The average Bonchev–Trinajstić information content (AvgIpc) is 2.36. The van der Waals surface area contributed by atoms with E-state index in [0.717, 1.165) is 5.56 Å². The summed E-state index contributed by atoms with van der Waals surface area (Å²) in [6, 6.07) is 7.74. The molecule has 1 aromatic carbocycles. The van der Waals surface area contributed by atoms with Crippen LogP contribution >= 0.6 is 0 Å². The molecule has 1 atom stereocenters. The molecule has 17 heavy (non-hydrogen) atoms. The largest absolute Gasteiger partial charge is 0.339 e. The molecule has 1 amide bonds. The second kappa shape index (κ2) is 5.82. The predicted molar refractivity (Wildman–Crippen MR) is 70.7 cm³/mol. The molecule has 3 nitrogen and oxygen atoms in total. The van der Waals surface area contributed by atoms with E-state index >= 15 is 0 Å². The van der Waals surface area contributed by atoms with Gasteiger partial charge in [-0.3, -0.25) is 4.79 Å². The second-order valence-corrected chi connectivity index (χ2v) is 4.81. The van der Waals surface area contributed by atoms with Crippen molar-refractivity contribution in [1.29, 1.82) is 0 Å². The number of nitrogens with two attached hydrogens (primary N) is 1. The number of carbonyl (C=O) groups excluding carboxylic acids is 1. The molecule has 94 valence electrons. The number of nitrogens with zero attached hydrogens (tertiary/aromatic N) is 1. The van der Waals surface area contributed by atoms with E-state index in [4.69, 9.17) is 5.73 Å². The third-order valence-electron chi connectivity index (χ3n) is 3.31. The Kier molecular flexibility index (Phi) is 4.70. The van der Waals surface area contributed by atoms with Crippen molar-refractivity contribution in [3.8, 4) is 0 Å². The van der Waals surface area contributed by atoms with E-state index in [2.05, 4.69) is 20.8 Å². The summed E-state index contributed by atoms with van der Waals surface area (Å²) >= 11 is 0. The Hall–Kier alpha value is -1.35. The quantitative estimate of drug-likeness (QED) is 0.868. The highest BCUT2D eigenvalue weighted by molar-refractivity contribution is 5.94. The van der Waals surface area contributed by atoms with E-state index in [-0.39, 0.29) is 11.9 Å². The summed E-state index contributed by atoms with van der Waals surface area (Å²) < 4.78 is 0. The van der Waals surface area contributed by atoms with Gasteiger partial charge >= 0.3 is 0 Å². The highest BCUT2D eigenvalue weighted by atomic mass is 16.2. The summed E-state index contributed by atoms with van der Waals surface area (Å²) in [5.74, 6) is 0.503. The number of hydrogen-bond acceptors (Lipinski definition) is 2. The van der Waals surface area contributed by atoms with E-state index in [1.807, 2.05) is 31.3 Å². The van der Waals surface area contributed by atoms with Crippen LogP contribution in [0.25, 0.3) is 0 Å². The molecule has 2 N–H and O–H groups in total. The zero-order valence-electron chi connectivity index (χ0n) is 11.1. The first-order valence-electron chi connectivity index (χ1n) is 6.03. The molecule has 0 aromatic heterocycles.